The van der Waals surface area contributed by atoms with Gasteiger partial charge in [-0.1, -0.05) is 0 Å². The number of carbonyl (C=O) groups is 2. The number of carbonyl (C=O) groups excluding carboxylic acids is 2. The molecule has 14 nitrogen and oxygen atoms in total. The zero-order valence-corrected chi connectivity index (χ0v) is 25.1. The molecular weight excluding hydrogens is 660 g/mol. The molecule has 4 N–H and O–H groups in total. The maximum atomic E-state index is 14.6. The summed E-state index contributed by atoms with van der Waals surface area (Å²) in [7, 11) is -8.49. The van der Waals surface area contributed by atoms with Crippen LogP contribution < -0.4 is 20.1 Å². The van der Waals surface area contributed by atoms with E-state index in [0.717, 1.165) is 48.5 Å². The first-order chi connectivity index (χ1) is 21.4. The van der Waals surface area contributed by atoms with Gasteiger partial charge in [-0.25, -0.2) is 46.2 Å². The maximum absolute atomic E-state index is 14.6. The Bertz CT molecular complexity index is 1850. The minimum absolute atomic E-state index is 0.247. The SMILES string of the molecule is Cc1ccnc(NS(=O)(=O)c2ccc(NC(=O)C(F)(F)C(F)(F)C(=O)Nc3ccc(S(=O)(=O)Nc4nccc(C)n4)cc3)cc2)n1. The third-order valence-corrected chi connectivity index (χ3v) is 8.54. The summed E-state index contributed by atoms with van der Waals surface area (Å²) >= 11 is 0. The minimum atomic E-state index is -5.59. The highest BCUT2D eigenvalue weighted by Crippen LogP contribution is 2.36. The predicted molar refractivity (Wildman–Crippen MR) is 155 cm³/mol. The fraction of sp³-hybridized carbons (Fsp3) is 0.154. The largest absolute Gasteiger partial charge is 0.396 e. The van der Waals surface area contributed by atoms with Crippen LogP contribution in [0.2, 0.25) is 0 Å². The van der Waals surface area contributed by atoms with Gasteiger partial charge in [0.05, 0.1) is 9.79 Å². The molecule has 4 rings (SSSR count). The number of benzene rings is 2. The summed E-state index contributed by atoms with van der Waals surface area (Å²) in [5.41, 5.74) is -0.0617. The number of nitrogens with one attached hydrogen (secondary N) is 4. The Morgan fingerprint density at radius 2 is 0.913 bits per heavy atom. The van der Waals surface area contributed by atoms with Gasteiger partial charge in [0.1, 0.15) is 0 Å². The number of nitrogens with zero attached hydrogens (tertiary/aromatic N) is 4. The van der Waals surface area contributed by atoms with E-state index in [9.17, 15) is 44.0 Å². The highest BCUT2D eigenvalue weighted by molar-refractivity contribution is 7.93. The second-order valence-electron chi connectivity index (χ2n) is 9.36. The van der Waals surface area contributed by atoms with Crippen molar-refractivity contribution in [1.82, 2.24) is 19.9 Å². The molecule has 0 aliphatic rings. The molecule has 0 aliphatic carbocycles. The number of sulfonamides is 2. The van der Waals surface area contributed by atoms with Gasteiger partial charge < -0.3 is 10.6 Å². The molecule has 2 amide bonds. The van der Waals surface area contributed by atoms with E-state index >= 15 is 0 Å². The van der Waals surface area contributed by atoms with Crippen molar-refractivity contribution >= 4 is 55.1 Å². The van der Waals surface area contributed by atoms with Crippen molar-refractivity contribution in [2.75, 3.05) is 20.1 Å². The van der Waals surface area contributed by atoms with E-state index in [4.69, 9.17) is 0 Å². The summed E-state index contributed by atoms with van der Waals surface area (Å²) in [5, 5.41) is 3.04. The van der Waals surface area contributed by atoms with Gasteiger partial charge in [-0.2, -0.15) is 17.6 Å². The van der Waals surface area contributed by atoms with Crippen LogP contribution in [0.1, 0.15) is 11.4 Å². The lowest BCUT2D eigenvalue weighted by atomic mass is 10.1. The molecule has 242 valence electrons. The Morgan fingerprint density at radius 3 is 1.22 bits per heavy atom. The lowest BCUT2D eigenvalue weighted by molar-refractivity contribution is -0.204. The van der Waals surface area contributed by atoms with Gasteiger partial charge in [0.2, 0.25) is 11.9 Å². The molecule has 0 saturated heterocycles. The Kier molecular flexibility index (Phi) is 9.24. The topological polar surface area (TPSA) is 202 Å². The van der Waals surface area contributed by atoms with Crippen LogP contribution in [-0.4, -0.2) is 60.4 Å². The number of aromatic nitrogens is 4. The molecular formula is C26H22F4N8O6S2. The van der Waals surface area contributed by atoms with Crippen molar-refractivity contribution in [3.05, 3.63) is 84.4 Å². The van der Waals surface area contributed by atoms with E-state index in [-0.39, 0.29) is 11.9 Å². The van der Waals surface area contributed by atoms with Crippen molar-refractivity contribution in [3.63, 3.8) is 0 Å². The van der Waals surface area contributed by atoms with Crippen LogP contribution in [0.25, 0.3) is 0 Å². The van der Waals surface area contributed by atoms with Crippen LogP contribution in [0.15, 0.2) is 82.8 Å². The Hall–Kier alpha value is -5.24. The lowest BCUT2D eigenvalue weighted by Crippen LogP contribution is -2.56. The Balaban J connectivity index is 1.40. The van der Waals surface area contributed by atoms with Crippen LogP contribution in [0.4, 0.5) is 40.8 Å². The quantitative estimate of drug-likeness (QED) is 0.170. The summed E-state index contributed by atoms with van der Waals surface area (Å²) in [4.78, 5) is 38.8. The summed E-state index contributed by atoms with van der Waals surface area (Å²) in [6.07, 6.45) is 2.61. The normalized spacial score (nSPS) is 12.2. The average molecular weight is 683 g/mol. The second kappa shape index (κ2) is 12.6. The molecule has 2 heterocycles. The third-order valence-electron chi connectivity index (χ3n) is 5.85. The number of rotatable bonds is 11. The molecule has 4 aromatic rings. The first-order valence-corrected chi connectivity index (χ1v) is 15.6. The molecule has 0 unspecified atom stereocenters. The van der Waals surface area contributed by atoms with Crippen molar-refractivity contribution in [3.8, 4) is 0 Å². The van der Waals surface area contributed by atoms with E-state index in [1.165, 1.54) is 35.2 Å². The van der Waals surface area contributed by atoms with E-state index < -0.39 is 64.9 Å². The molecule has 0 radical (unpaired) electrons. The summed E-state index contributed by atoms with van der Waals surface area (Å²) in [6.45, 7) is 3.18. The fourth-order valence-corrected chi connectivity index (χ4v) is 5.40. The first-order valence-electron chi connectivity index (χ1n) is 12.6. The second-order valence-corrected chi connectivity index (χ2v) is 12.7. The number of anilines is 4. The molecule has 2 aromatic carbocycles. The van der Waals surface area contributed by atoms with Crippen LogP contribution >= 0.6 is 0 Å². The lowest BCUT2D eigenvalue weighted by Gasteiger charge is -2.24. The van der Waals surface area contributed by atoms with Crippen LogP contribution in [0.5, 0.6) is 0 Å². The Morgan fingerprint density at radius 1 is 0.587 bits per heavy atom. The molecule has 0 atom stereocenters. The number of hydrogen-bond acceptors (Lipinski definition) is 10. The number of halogens is 4. The summed E-state index contributed by atoms with van der Waals surface area (Å²) < 4.78 is 113. The third kappa shape index (κ3) is 7.51. The molecule has 2 aromatic heterocycles. The van der Waals surface area contributed by atoms with E-state index in [2.05, 4.69) is 29.4 Å². The van der Waals surface area contributed by atoms with Gasteiger partial charge in [0.25, 0.3) is 20.0 Å². The first kappa shape index (κ1) is 33.6. The van der Waals surface area contributed by atoms with Crippen LogP contribution in [0.3, 0.4) is 0 Å². The minimum Gasteiger partial charge on any atom is -0.321 e. The average Bonchev–Trinajstić information content (AvgIpc) is 2.97. The molecule has 0 bridgehead atoms. The van der Waals surface area contributed by atoms with E-state index in [1.54, 1.807) is 13.8 Å². The van der Waals surface area contributed by atoms with Crippen LogP contribution in [-0.2, 0) is 29.6 Å². The number of alkyl halides is 4. The van der Waals surface area contributed by atoms with Gasteiger partial charge in [-0.05, 0) is 74.5 Å². The van der Waals surface area contributed by atoms with Gasteiger partial charge in [-0.3, -0.25) is 9.59 Å². The van der Waals surface area contributed by atoms with Gasteiger partial charge >= 0.3 is 23.7 Å². The van der Waals surface area contributed by atoms with Gasteiger partial charge in [0.15, 0.2) is 0 Å². The molecule has 0 spiro atoms. The van der Waals surface area contributed by atoms with Gasteiger partial charge in [-0.15, -0.1) is 0 Å². The highest BCUT2D eigenvalue weighted by atomic mass is 32.2. The fourth-order valence-electron chi connectivity index (χ4n) is 3.49. The van der Waals surface area contributed by atoms with Crippen molar-refractivity contribution in [2.24, 2.45) is 0 Å². The highest BCUT2D eigenvalue weighted by Gasteiger charge is 2.67. The number of amides is 2. The predicted octanol–water partition coefficient (Wildman–Crippen LogP) is 3.33. The van der Waals surface area contributed by atoms with Crippen molar-refractivity contribution in [1.29, 1.82) is 0 Å². The van der Waals surface area contributed by atoms with Crippen molar-refractivity contribution in [2.45, 2.75) is 35.5 Å². The molecule has 0 fully saturated rings. The summed E-state index contributed by atoms with van der Waals surface area (Å²) in [6, 6.07) is 10.0. The maximum Gasteiger partial charge on any atom is 0.396 e. The Labute approximate surface area is 258 Å². The zero-order valence-electron chi connectivity index (χ0n) is 23.5. The molecule has 20 heteroatoms. The van der Waals surface area contributed by atoms with E-state index in [1.807, 2.05) is 0 Å². The summed E-state index contributed by atoms with van der Waals surface area (Å²) in [5.74, 6) is -16.8. The standard InChI is InChI=1S/C26H22F4N8O6S2/c1-15-11-13-31-23(33-15)37-45(41,42)19-7-3-17(4-8-19)35-21(39)25(27,28)26(29,30)22(40)36-18-5-9-20(10-6-18)46(43,44)38-24-32-14-12-16(2)34-24/h3-14H,1-2H3,(H,35,39)(H,36,40)(H,31,33,37)(H,32,34,38). The van der Waals surface area contributed by atoms with Gasteiger partial charge in [0, 0.05) is 35.2 Å². The van der Waals surface area contributed by atoms with Crippen LogP contribution in [0, 0.1) is 13.8 Å². The molecule has 46 heavy (non-hydrogen) atoms. The van der Waals surface area contributed by atoms with Crippen molar-refractivity contribution < 1.29 is 44.0 Å². The molecule has 0 saturated carbocycles. The zero-order chi connectivity index (χ0) is 33.9. The number of aryl methyl sites for hydroxylation is 2. The molecule has 0 aliphatic heterocycles. The van der Waals surface area contributed by atoms with E-state index in [0.29, 0.717) is 11.4 Å². The number of hydrogen-bond donors (Lipinski definition) is 4. The monoisotopic (exact) mass is 682 g/mol. The smallest absolute Gasteiger partial charge is 0.321 e.